The lowest BCUT2D eigenvalue weighted by atomic mass is 10.0. The van der Waals surface area contributed by atoms with Crippen molar-refractivity contribution in [1.29, 1.82) is 0 Å². The first-order chi connectivity index (χ1) is 13.8. The maximum atomic E-state index is 13.4. The van der Waals surface area contributed by atoms with Crippen LogP contribution in [0.1, 0.15) is 31.4 Å². The fourth-order valence-electron chi connectivity index (χ4n) is 3.78. The van der Waals surface area contributed by atoms with E-state index in [-0.39, 0.29) is 0 Å². The summed E-state index contributed by atoms with van der Waals surface area (Å²) in [5.74, 6) is 1.32. The van der Waals surface area contributed by atoms with Gasteiger partial charge < -0.3 is 18.8 Å². The number of nitrogens with zero attached hydrogens (tertiary/aromatic N) is 3. The van der Waals surface area contributed by atoms with Gasteiger partial charge in [-0.2, -0.15) is 0 Å². The van der Waals surface area contributed by atoms with E-state index in [1.54, 1.807) is 12.5 Å². The van der Waals surface area contributed by atoms with Crippen LogP contribution >= 0.6 is 0 Å². The minimum atomic E-state index is -0.676. The smallest absolute Gasteiger partial charge is 0.189 e. The van der Waals surface area contributed by atoms with Gasteiger partial charge in [0.2, 0.25) is 0 Å². The Labute approximate surface area is 163 Å². The summed E-state index contributed by atoms with van der Waals surface area (Å²) in [4.78, 5) is 6.93. The Balaban J connectivity index is 1.37. The number of halogens is 1. The Bertz CT molecular complexity index is 1010. The molecular weight excluding hydrogens is 357 g/mol. The summed E-state index contributed by atoms with van der Waals surface area (Å²) in [5.41, 5.74) is 3.74. The molecule has 0 atom stereocenters. The molecule has 5 rings (SSSR count). The number of alkyl halides is 1. The predicted molar refractivity (Wildman–Crippen MR) is 106 cm³/mol. The van der Waals surface area contributed by atoms with Crippen LogP contribution < -0.4 is 4.90 Å². The van der Waals surface area contributed by atoms with Gasteiger partial charge in [0.1, 0.15) is 30.0 Å². The molecule has 28 heavy (non-hydrogen) atoms. The van der Waals surface area contributed by atoms with Crippen molar-refractivity contribution < 1.29 is 13.9 Å². The van der Waals surface area contributed by atoms with E-state index in [1.807, 2.05) is 35.0 Å². The van der Waals surface area contributed by atoms with Crippen LogP contribution in [0, 0.1) is 0 Å². The molecule has 144 valence electrons. The fraction of sp³-hybridized carbons (Fsp3) is 0.318. The molecule has 2 aromatic heterocycles. The number of rotatable bonds is 3. The monoisotopic (exact) mass is 379 g/mol. The standard InChI is InChI=1S/C22H22FN3O2/c23-17-6-9-25(10-7-17)18-8-11-26-13-19(24-22(26)12-18)21-15-27-14-20(28-21)16-4-2-1-3-5-16/h1-2,4,8,11-15,17H,3,5-7,9-10H2. The number of imidazole rings is 1. The van der Waals surface area contributed by atoms with Gasteiger partial charge in [-0.05, 0) is 37.3 Å². The van der Waals surface area contributed by atoms with Crippen molar-refractivity contribution in [1.82, 2.24) is 9.38 Å². The Kier molecular flexibility index (Phi) is 4.39. The summed E-state index contributed by atoms with van der Waals surface area (Å²) in [5, 5.41) is 0. The van der Waals surface area contributed by atoms with Gasteiger partial charge in [0.15, 0.2) is 11.5 Å². The van der Waals surface area contributed by atoms with Gasteiger partial charge in [-0.25, -0.2) is 9.37 Å². The van der Waals surface area contributed by atoms with Crippen molar-refractivity contribution in [3.63, 3.8) is 0 Å². The average molecular weight is 379 g/mol. The van der Waals surface area contributed by atoms with E-state index < -0.39 is 6.17 Å². The van der Waals surface area contributed by atoms with Gasteiger partial charge >= 0.3 is 0 Å². The topological polar surface area (TPSA) is 39.0 Å². The minimum absolute atomic E-state index is 0.586. The van der Waals surface area contributed by atoms with Crippen molar-refractivity contribution in [3.05, 3.63) is 72.3 Å². The molecule has 0 amide bonds. The SMILES string of the molecule is FC1CCN(c2ccn3cc(C4=COC=C(C5=CC=CCC5)O4)nc3c2)CC1. The molecule has 0 spiro atoms. The van der Waals surface area contributed by atoms with E-state index in [0.717, 1.165) is 54.3 Å². The second-order valence-corrected chi connectivity index (χ2v) is 7.30. The highest BCUT2D eigenvalue weighted by Gasteiger charge is 2.21. The third-order valence-electron chi connectivity index (χ3n) is 5.39. The number of piperidine rings is 1. The third kappa shape index (κ3) is 3.30. The van der Waals surface area contributed by atoms with Crippen LogP contribution in [0.4, 0.5) is 10.1 Å². The molecule has 0 unspecified atom stereocenters. The number of ether oxygens (including phenoxy) is 2. The lowest BCUT2D eigenvalue weighted by molar-refractivity contribution is 0.277. The molecule has 0 aromatic carbocycles. The van der Waals surface area contributed by atoms with E-state index in [0.29, 0.717) is 18.6 Å². The molecule has 0 N–H and O–H groups in total. The molecule has 1 fully saturated rings. The zero-order chi connectivity index (χ0) is 18.9. The molecule has 6 heteroatoms. The molecule has 1 aliphatic carbocycles. The molecule has 3 aliphatic rings. The van der Waals surface area contributed by atoms with E-state index in [4.69, 9.17) is 14.5 Å². The second kappa shape index (κ2) is 7.19. The zero-order valence-corrected chi connectivity index (χ0v) is 15.6. The molecule has 0 bridgehead atoms. The number of allylic oxidation sites excluding steroid dienone is 4. The summed E-state index contributed by atoms with van der Waals surface area (Å²) in [6.07, 6.45) is 15.8. The number of hydrogen-bond acceptors (Lipinski definition) is 4. The first kappa shape index (κ1) is 17.1. The predicted octanol–water partition coefficient (Wildman–Crippen LogP) is 4.74. The first-order valence-electron chi connectivity index (χ1n) is 9.74. The number of hydrogen-bond donors (Lipinski definition) is 0. The van der Waals surface area contributed by atoms with Crippen molar-refractivity contribution in [2.45, 2.75) is 31.9 Å². The molecule has 4 heterocycles. The summed E-state index contributed by atoms with van der Waals surface area (Å²) in [6.45, 7) is 1.48. The Morgan fingerprint density at radius 3 is 2.82 bits per heavy atom. The van der Waals surface area contributed by atoms with Crippen LogP contribution in [-0.2, 0) is 9.47 Å². The molecular formula is C22H22FN3O2. The summed E-state index contributed by atoms with van der Waals surface area (Å²) in [7, 11) is 0. The van der Waals surface area contributed by atoms with Gasteiger partial charge in [-0.3, -0.25) is 0 Å². The molecule has 5 nitrogen and oxygen atoms in total. The number of anilines is 1. The van der Waals surface area contributed by atoms with Crippen LogP contribution in [0.2, 0.25) is 0 Å². The zero-order valence-electron chi connectivity index (χ0n) is 15.6. The summed E-state index contributed by atoms with van der Waals surface area (Å²) < 4.78 is 27.0. The molecule has 0 saturated carbocycles. The Hall–Kier alpha value is -3.02. The summed E-state index contributed by atoms with van der Waals surface area (Å²) in [6, 6.07) is 4.09. The van der Waals surface area contributed by atoms with Gasteiger partial charge in [0.05, 0.1) is 0 Å². The van der Waals surface area contributed by atoms with Gasteiger partial charge in [0, 0.05) is 37.2 Å². The van der Waals surface area contributed by atoms with E-state index in [9.17, 15) is 4.39 Å². The van der Waals surface area contributed by atoms with Crippen LogP contribution in [0.3, 0.4) is 0 Å². The van der Waals surface area contributed by atoms with Gasteiger partial charge in [-0.15, -0.1) is 0 Å². The average Bonchev–Trinajstić information content (AvgIpc) is 3.18. The number of aromatic nitrogens is 2. The largest absolute Gasteiger partial charge is 0.465 e. The van der Waals surface area contributed by atoms with Gasteiger partial charge in [0.25, 0.3) is 0 Å². The van der Waals surface area contributed by atoms with E-state index in [2.05, 4.69) is 17.1 Å². The van der Waals surface area contributed by atoms with E-state index in [1.165, 1.54) is 0 Å². The van der Waals surface area contributed by atoms with Crippen molar-refractivity contribution in [3.8, 4) is 0 Å². The number of fused-ring (bicyclic) bond motifs is 1. The Morgan fingerprint density at radius 1 is 1.14 bits per heavy atom. The third-order valence-corrected chi connectivity index (χ3v) is 5.39. The van der Waals surface area contributed by atoms with Crippen molar-refractivity contribution >= 4 is 17.1 Å². The maximum Gasteiger partial charge on any atom is 0.189 e. The maximum absolute atomic E-state index is 13.4. The highest BCUT2D eigenvalue weighted by molar-refractivity contribution is 5.64. The van der Waals surface area contributed by atoms with Crippen molar-refractivity contribution in [2.75, 3.05) is 18.0 Å². The van der Waals surface area contributed by atoms with Crippen LogP contribution in [0.5, 0.6) is 0 Å². The highest BCUT2D eigenvalue weighted by Crippen LogP contribution is 2.30. The van der Waals surface area contributed by atoms with Crippen LogP contribution in [0.25, 0.3) is 11.4 Å². The molecule has 0 radical (unpaired) electrons. The number of pyridine rings is 1. The highest BCUT2D eigenvalue weighted by atomic mass is 19.1. The second-order valence-electron chi connectivity index (χ2n) is 7.30. The van der Waals surface area contributed by atoms with Crippen molar-refractivity contribution in [2.24, 2.45) is 0 Å². The molecule has 1 saturated heterocycles. The Morgan fingerprint density at radius 2 is 2.00 bits per heavy atom. The molecule has 2 aliphatic heterocycles. The lowest BCUT2D eigenvalue weighted by Crippen LogP contribution is -2.34. The fourth-order valence-corrected chi connectivity index (χ4v) is 3.78. The quantitative estimate of drug-likeness (QED) is 0.773. The first-order valence-corrected chi connectivity index (χ1v) is 9.74. The lowest BCUT2D eigenvalue weighted by Gasteiger charge is -2.30. The normalized spacial score (nSPS) is 20.3. The summed E-state index contributed by atoms with van der Waals surface area (Å²) >= 11 is 0. The van der Waals surface area contributed by atoms with Gasteiger partial charge in [-0.1, -0.05) is 18.2 Å². The minimum Gasteiger partial charge on any atom is -0.465 e. The van der Waals surface area contributed by atoms with E-state index >= 15 is 0 Å². The van der Waals surface area contributed by atoms with Crippen LogP contribution in [-0.4, -0.2) is 28.6 Å². The molecule has 2 aromatic rings. The van der Waals surface area contributed by atoms with Crippen LogP contribution in [0.15, 0.2) is 66.6 Å².